The molecule has 1 aliphatic rings. The Morgan fingerprint density at radius 3 is 2.48 bits per heavy atom. The van der Waals surface area contributed by atoms with Gasteiger partial charge in [0, 0.05) is 26.2 Å². The first-order valence-electron chi connectivity index (χ1n) is 6.78. The van der Waals surface area contributed by atoms with Gasteiger partial charge in [0.25, 0.3) is 10.0 Å². The average molecular weight is 378 g/mol. The molecule has 1 saturated heterocycles. The standard InChI is InChI=1S/C13H16ClN3O4S2/c1-2-11(18)15-9-12(19)16-5-7-17(8-6-16)23(20,21)13-4-3-10(14)22-13/h2-4H,1,5-9H2,(H,15,18). The minimum absolute atomic E-state index is 0.127. The Labute approximate surface area is 143 Å². The maximum atomic E-state index is 12.4. The first kappa shape index (κ1) is 17.9. The van der Waals surface area contributed by atoms with Crippen molar-refractivity contribution in [1.82, 2.24) is 14.5 Å². The molecule has 1 fully saturated rings. The van der Waals surface area contributed by atoms with Crippen molar-refractivity contribution in [2.45, 2.75) is 4.21 Å². The Morgan fingerprint density at radius 2 is 1.96 bits per heavy atom. The van der Waals surface area contributed by atoms with Crippen molar-refractivity contribution in [2.24, 2.45) is 0 Å². The second-order valence-electron chi connectivity index (χ2n) is 4.77. The van der Waals surface area contributed by atoms with E-state index in [0.29, 0.717) is 4.34 Å². The van der Waals surface area contributed by atoms with E-state index in [2.05, 4.69) is 11.9 Å². The molecule has 1 N–H and O–H groups in total. The molecule has 1 aromatic rings. The Hall–Kier alpha value is -1.42. The minimum Gasteiger partial charge on any atom is -0.343 e. The topological polar surface area (TPSA) is 86.8 Å². The van der Waals surface area contributed by atoms with Crippen molar-refractivity contribution in [3.63, 3.8) is 0 Å². The Balaban J connectivity index is 1.92. The number of carbonyl (C=O) groups is 2. The van der Waals surface area contributed by atoms with E-state index in [0.717, 1.165) is 17.4 Å². The molecule has 2 heterocycles. The van der Waals surface area contributed by atoms with E-state index >= 15 is 0 Å². The summed E-state index contributed by atoms with van der Waals surface area (Å²) in [6.45, 7) is 4.15. The molecule has 23 heavy (non-hydrogen) atoms. The number of nitrogens with one attached hydrogen (secondary N) is 1. The van der Waals surface area contributed by atoms with Crippen LogP contribution in [0.15, 0.2) is 29.0 Å². The highest BCUT2D eigenvalue weighted by molar-refractivity contribution is 7.91. The molecule has 0 radical (unpaired) electrons. The Kier molecular flexibility index (Phi) is 5.79. The van der Waals surface area contributed by atoms with Gasteiger partial charge in [-0.25, -0.2) is 8.42 Å². The van der Waals surface area contributed by atoms with Crippen molar-refractivity contribution in [3.8, 4) is 0 Å². The molecule has 0 aliphatic carbocycles. The fourth-order valence-electron chi connectivity index (χ4n) is 2.09. The lowest BCUT2D eigenvalue weighted by Gasteiger charge is -2.33. The van der Waals surface area contributed by atoms with E-state index in [9.17, 15) is 18.0 Å². The Morgan fingerprint density at radius 1 is 1.30 bits per heavy atom. The van der Waals surface area contributed by atoms with Crippen molar-refractivity contribution in [3.05, 3.63) is 29.1 Å². The SMILES string of the molecule is C=CC(=O)NCC(=O)N1CCN(S(=O)(=O)c2ccc(Cl)s2)CC1. The van der Waals surface area contributed by atoms with Crippen molar-refractivity contribution in [2.75, 3.05) is 32.7 Å². The number of hydrogen-bond acceptors (Lipinski definition) is 5. The van der Waals surface area contributed by atoms with Crippen molar-refractivity contribution >= 4 is 44.8 Å². The lowest BCUT2D eigenvalue weighted by Crippen LogP contribution is -2.52. The highest BCUT2D eigenvalue weighted by atomic mass is 35.5. The van der Waals surface area contributed by atoms with Crippen LogP contribution in [0.5, 0.6) is 0 Å². The number of sulfonamides is 1. The summed E-state index contributed by atoms with van der Waals surface area (Å²) < 4.78 is 26.8. The molecule has 0 saturated carbocycles. The molecule has 0 bridgehead atoms. The number of amides is 2. The monoisotopic (exact) mass is 377 g/mol. The predicted molar refractivity (Wildman–Crippen MR) is 87.9 cm³/mol. The van der Waals surface area contributed by atoms with Gasteiger partial charge in [0.2, 0.25) is 11.8 Å². The molecule has 7 nitrogen and oxygen atoms in total. The summed E-state index contributed by atoms with van der Waals surface area (Å²) in [4.78, 5) is 24.5. The molecule has 1 aliphatic heterocycles. The zero-order chi connectivity index (χ0) is 17.0. The molecule has 2 amide bonds. The lowest BCUT2D eigenvalue weighted by atomic mass is 10.3. The number of hydrogen-bond donors (Lipinski definition) is 1. The van der Waals surface area contributed by atoms with Crippen LogP contribution in [0.2, 0.25) is 4.34 Å². The molecule has 10 heteroatoms. The number of nitrogens with zero attached hydrogens (tertiary/aromatic N) is 2. The van der Waals surface area contributed by atoms with Crippen LogP contribution in [0, 0.1) is 0 Å². The number of piperazine rings is 1. The van der Waals surface area contributed by atoms with Gasteiger partial charge >= 0.3 is 0 Å². The molecule has 1 aromatic heterocycles. The van der Waals surface area contributed by atoms with E-state index in [1.54, 1.807) is 6.07 Å². The molecular formula is C13H16ClN3O4S2. The number of carbonyl (C=O) groups excluding carboxylic acids is 2. The second-order valence-corrected chi connectivity index (χ2v) is 8.65. The summed E-state index contributed by atoms with van der Waals surface area (Å²) in [5, 5.41) is 2.41. The highest BCUT2D eigenvalue weighted by Crippen LogP contribution is 2.28. The molecule has 0 spiro atoms. The van der Waals surface area contributed by atoms with Gasteiger partial charge in [0.1, 0.15) is 4.21 Å². The van der Waals surface area contributed by atoms with Gasteiger partial charge < -0.3 is 10.2 Å². The maximum Gasteiger partial charge on any atom is 0.252 e. The number of halogens is 1. The first-order valence-corrected chi connectivity index (χ1v) is 9.41. The zero-order valence-electron chi connectivity index (χ0n) is 12.2. The van der Waals surface area contributed by atoms with E-state index in [1.165, 1.54) is 15.3 Å². The average Bonchev–Trinajstić information content (AvgIpc) is 2.99. The second kappa shape index (κ2) is 7.43. The van der Waals surface area contributed by atoms with Gasteiger partial charge in [0.05, 0.1) is 10.9 Å². The summed E-state index contributed by atoms with van der Waals surface area (Å²) in [7, 11) is -3.57. The molecule has 0 aromatic carbocycles. The molecule has 0 atom stereocenters. The quantitative estimate of drug-likeness (QED) is 0.758. The normalized spacial score (nSPS) is 16.1. The number of thiophene rings is 1. The largest absolute Gasteiger partial charge is 0.343 e. The maximum absolute atomic E-state index is 12.4. The van der Waals surface area contributed by atoms with E-state index in [4.69, 9.17) is 11.6 Å². The molecule has 126 valence electrons. The summed E-state index contributed by atoms with van der Waals surface area (Å²) in [5.74, 6) is -0.675. The minimum atomic E-state index is -3.57. The Bertz CT molecular complexity index is 709. The van der Waals surface area contributed by atoms with Gasteiger partial charge in [-0.15, -0.1) is 11.3 Å². The van der Waals surface area contributed by atoms with Gasteiger partial charge in [-0.05, 0) is 18.2 Å². The highest BCUT2D eigenvalue weighted by Gasteiger charge is 2.31. The number of rotatable bonds is 5. The predicted octanol–water partition coefficient (Wildman–Crippen LogP) is 0.537. The first-order chi connectivity index (χ1) is 10.8. The third kappa shape index (κ3) is 4.31. The van der Waals surface area contributed by atoms with Crippen molar-refractivity contribution in [1.29, 1.82) is 0 Å². The van der Waals surface area contributed by atoms with Gasteiger partial charge in [-0.1, -0.05) is 18.2 Å². The van der Waals surface area contributed by atoms with E-state index in [-0.39, 0.29) is 42.8 Å². The third-order valence-electron chi connectivity index (χ3n) is 3.33. The zero-order valence-corrected chi connectivity index (χ0v) is 14.6. The van der Waals surface area contributed by atoms with E-state index in [1.807, 2.05) is 0 Å². The summed E-state index contributed by atoms with van der Waals surface area (Å²) >= 11 is 6.79. The summed E-state index contributed by atoms with van der Waals surface area (Å²) in [6.07, 6.45) is 1.09. The molecular weight excluding hydrogens is 362 g/mol. The van der Waals surface area contributed by atoms with Gasteiger partial charge in [-0.3, -0.25) is 9.59 Å². The van der Waals surface area contributed by atoms with Crippen LogP contribution in [0.3, 0.4) is 0 Å². The smallest absolute Gasteiger partial charge is 0.252 e. The van der Waals surface area contributed by atoms with E-state index < -0.39 is 15.9 Å². The lowest BCUT2D eigenvalue weighted by molar-refractivity contribution is -0.133. The fraction of sp³-hybridized carbons (Fsp3) is 0.385. The van der Waals surface area contributed by atoms with Crippen LogP contribution in [0.1, 0.15) is 0 Å². The van der Waals surface area contributed by atoms with Crippen LogP contribution in [-0.4, -0.2) is 62.2 Å². The van der Waals surface area contributed by atoms with Crippen LogP contribution in [0.25, 0.3) is 0 Å². The van der Waals surface area contributed by atoms with Crippen LogP contribution < -0.4 is 5.32 Å². The molecule has 0 unspecified atom stereocenters. The van der Waals surface area contributed by atoms with Gasteiger partial charge in [0.15, 0.2) is 0 Å². The fourth-order valence-corrected chi connectivity index (χ4v) is 5.15. The van der Waals surface area contributed by atoms with Crippen LogP contribution >= 0.6 is 22.9 Å². The van der Waals surface area contributed by atoms with Crippen molar-refractivity contribution < 1.29 is 18.0 Å². The van der Waals surface area contributed by atoms with Crippen LogP contribution in [0.4, 0.5) is 0 Å². The summed E-state index contributed by atoms with van der Waals surface area (Å²) in [5.41, 5.74) is 0. The van der Waals surface area contributed by atoms with Gasteiger partial charge in [-0.2, -0.15) is 4.31 Å². The van der Waals surface area contributed by atoms with Crippen LogP contribution in [-0.2, 0) is 19.6 Å². The summed E-state index contributed by atoms with van der Waals surface area (Å²) in [6, 6.07) is 3.02. The molecule has 2 rings (SSSR count). The third-order valence-corrected chi connectivity index (χ3v) is 6.93.